The third-order valence-corrected chi connectivity index (χ3v) is 6.86. The summed E-state index contributed by atoms with van der Waals surface area (Å²) in [5, 5.41) is 4.76. The molecule has 7 nitrogen and oxygen atoms in total. The Morgan fingerprint density at radius 1 is 1.09 bits per heavy atom. The van der Waals surface area contributed by atoms with Crippen molar-refractivity contribution in [1.29, 1.82) is 0 Å². The van der Waals surface area contributed by atoms with E-state index in [0.717, 1.165) is 15.3 Å². The number of imide groups is 1. The van der Waals surface area contributed by atoms with Crippen LogP contribution in [0.4, 0.5) is 20.6 Å². The molecule has 0 aliphatic carbocycles. The van der Waals surface area contributed by atoms with Crippen LogP contribution >= 0.6 is 11.3 Å². The van der Waals surface area contributed by atoms with E-state index in [1.54, 1.807) is 35.6 Å². The molecule has 182 valence electrons. The van der Waals surface area contributed by atoms with Gasteiger partial charge in [-0.3, -0.25) is 9.59 Å². The van der Waals surface area contributed by atoms with Crippen molar-refractivity contribution in [2.45, 2.75) is 32.7 Å². The van der Waals surface area contributed by atoms with Crippen molar-refractivity contribution in [3.05, 3.63) is 76.2 Å². The summed E-state index contributed by atoms with van der Waals surface area (Å²) in [4.78, 5) is 43.0. The fraction of sp³-hybridized carbons (Fsp3) is 0.269. The molecule has 0 spiro atoms. The standard InChI is InChI=1S/C26H26FN3O4S/c1-3-34-21-10-6-19(7-11-21)28-24(31)16-22-25(32)30(20-8-4-18(27)5-9-20)26(33)29(22)14-12-23-17(2)13-15-35-23/h4-11,13,15,22H,3,12,14,16H2,1-2H3,(H,28,31)/t22-/m1/s1. The monoisotopic (exact) mass is 495 g/mol. The van der Waals surface area contributed by atoms with E-state index in [9.17, 15) is 18.8 Å². The third-order valence-electron chi connectivity index (χ3n) is 5.78. The van der Waals surface area contributed by atoms with Crippen molar-refractivity contribution in [2.75, 3.05) is 23.4 Å². The largest absolute Gasteiger partial charge is 0.494 e. The van der Waals surface area contributed by atoms with Crippen molar-refractivity contribution in [3.8, 4) is 5.75 Å². The Kier molecular flexibility index (Phi) is 7.45. The van der Waals surface area contributed by atoms with Gasteiger partial charge in [0, 0.05) is 17.1 Å². The molecule has 9 heteroatoms. The second-order valence-electron chi connectivity index (χ2n) is 8.13. The number of anilines is 2. The Bertz CT molecular complexity index is 1210. The number of thiophene rings is 1. The van der Waals surface area contributed by atoms with Crippen LogP contribution in [0.2, 0.25) is 0 Å². The SMILES string of the molecule is CCOc1ccc(NC(=O)C[C@@H]2C(=O)N(c3ccc(F)cc3)C(=O)N2CCc2sccc2C)cc1. The Hall–Kier alpha value is -3.72. The molecule has 4 amide bonds. The molecule has 2 aromatic carbocycles. The Labute approximate surface area is 207 Å². The lowest BCUT2D eigenvalue weighted by Gasteiger charge is -2.21. The Morgan fingerprint density at radius 3 is 2.43 bits per heavy atom. The molecule has 0 saturated carbocycles. The van der Waals surface area contributed by atoms with Gasteiger partial charge in [0.1, 0.15) is 17.6 Å². The zero-order chi connectivity index (χ0) is 24.9. The number of ether oxygens (including phenoxy) is 1. The highest BCUT2D eigenvalue weighted by atomic mass is 32.1. The minimum atomic E-state index is -0.962. The fourth-order valence-electron chi connectivity index (χ4n) is 3.99. The first-order valence-corrected chi connectivity index (χ1v) is 12.2. The van der Waals surface area contributed by atoms with Gasteiger partial charge in [0.2, 0.25) is 5.91 Å². The molecule has 0 radical (unpaired) electrons. The van der Waals surface area contributed by atoms with Crippen LogP contribution in [-0.4, -0.2) is 41.9 Å². The number of hydrogen-bond acceptors (Lipinski definition) is 5. The maximum absolute atomic E-state index is 13.4. The smallest absolute Gasteiger partial charge is 0.332 e. The van der Waals surface area contributed by atoms with Gasteiger partial charge < -0.3 is 15.0 Å². The van der Waals surface area contributed by atoms with E-state index in [-0.39, 0.29) is 18.7 Å². The van der Waals surface area contributed by atoms with Crippen LogP contribution in [0.15, 0.2) is 60.0 Å². The summed E-state index contributed by atoms with van der Waals surface area (Å²) in [6, 6.07) is 12.6. The zero-order valence-corrected chi connectivity index (χ0v) is 20.3. The van der Waals surface area contributed by atoms with Crippen LogP contribution in [-0.2, 0) is 16.0 Å². The summed E-state index contributed by atoms with van der Waals surface area (Å²) >= 11 is 1.59. The number of benzene rings is 2. The molecule has 1 fully saturated rings. The summed E-state index contributed by atoms with van der Waals surface area (Å²) in [7, 11) is 0. The topological polar surface area (TPSA) is 79.0 Å². The molecule has 1 N–H and O–H groups in total. The van der Waals surface area contributed by atoms with Crippen LogP contribution < -0.4 is 15.0 Å². The van der Waals surface area contributed by atoms with E-state index in [4.69, 9.17) is 4.74 Å². The van der Waals surface area contributed by atoms with Gasteiger partial charge in [-0.1, -0.05) is 0 Å². The third kappa shape index (κ3) is 5.51. The van der Waals surface area contributed by atoms with Crippen LogP contribution in [0.5, 0.6) is 5.75 Å². The molecule has 1 aromatic heterocycles. The van der Waals surface area contributed by atoms with Crippen LogP contribution in [0.3, 0.4) is 0 Å². The van der Waals surface area contributed by atoms with Crippen molar-refractivity contribution < 1.29 is 23.5 Å². The number of carbonyl (C=O) groups is 3. The number of amides is 4. The average Bonchev–Trinajstić information content (AvgIpc) is 3.34. The summed E-state index contributed by atoms with van der Waals surface area (Å²) in [6.07, 6.45) is 0.371. The number of carbonyl (C=O) groups excluding carboxylic acids is 3. The van der Waals surface area contributed by atoms with Crippen molar-refractivity contribution in [1.82, 2.24) is 4.90 Å². The molecule has 2 heterocycles. The number of urea groups is 1. The van der Waals surface area contributed by atoms with Crippen molar-refractivity contribution in [2.24, 2.45) is 0 Å². The maximum Gasteiger partial charge on any atom is 0.332 e. The van der Waals surface area contributed by atoms with Crippen LogP contribution in [0.25, 0.3) is 0 Å². The van der Waals surface area contributed by atoms with Crippen LogP contribution in [0, 0.1) is 12.7 Å². The predicted octanol–water partition coefficient (Wildman–Crippen LogP) is 5.00. The number of nitrogens with zero attached hydrogens (tertiary/aromatic N) is 2. The molecular formula is C26H26FN3O4S. The van der Waals surface area contributed by atoms with E-state index in [1.807, 2.05) is 25.3 Å². The summed E-state index contributed by atoms with van der Waals surface area (Å²) in [5.41, 5.74) is 1.95. The molecule has 1 aliphatic heterocycles. The van der Waals surface area contributed by atoms with E-state index in [0.29, 0.717) is 24.5 Å². The van der Waals surface area contributed by atoms with E-state index in [2.05, 4.69) is 5.32 Å². The average molecular weight is 496 g/mol. The van der Waals surface area contributed by atoms with Gasteiger partial charge in [0.25, 0.3) is 5.91 Å². The molecule has 1 atom stereocenters. The number of rotatable bonds is 9. The second-order valence-corrected chi connectivity index (χ2v) is 9.13. The van der Waals surface area contributed by atoms with Crippen molar-refractivity contribution >= 4 is 40.6 Å². The lowest BCUT2D eigenvalue weighted by molar-refractivity contribution is -0.124. The summed E-state index contributed by atoms with van der Waals surface area (Å²) in [5.74, 6) is -0.680. The van der Waals surface area contributed by atoms with Gasteiger partial charge in [0.05, 0.1) is 18.7 Å². The normalized spacial score (nSPS) is 15.6. The highest BCUT2D eigenvalue weighted by Gasteiger charge is 2.46. The van der Waals surface area contributed by atoms with E-state index < -0.39 is 29.7 Å². The van der Waals surface area contributed by atoms with Gasteiger partial charge in [-0.15, -0.1) is 11.3 Å². The fourth-order valence-corrected chi connectivity index (χ4v) is 4.89. The minimum Gasteiger partial charge on any atom is -0.494 e. The quantitative estimate of drug-likeness (QED) is 0.424. The first-order valence-electron chi connectivity index (χ1n) is 11.3. The lowest BCUT2D eigenvalue weighted by Crippen LogP contribution is -2.39. The van der Waals surface area contributed by atoms with Gasteiger partial charge in [0.15, 0.2) is 0 Å². The molecule has 35 heavy (non-hydrogen) atoms. The number of halogens is 1. The molecule has 0 bridgehead atoms. The highest BCUT2D eigenvalue weighted by molar-refractivity contribution is 7.10. The minimum absolute atomic E-state index is 0.196. The Morgan fingerprint density at radius 2 is 1.80 bits per heavy atom. The molecule has 1 aliphatic rings. The van der Waals surface area contributed by atoms with Crippen molar-refractivity contribution in [3.63, 3.8) is 0 Å². The van der Waals surface area contributed by atoms with Gasteiger partial charge in [-0.2, -0.15) is 0 Å². The highest BCUT2D eigenvalue weighted by Crippen LogP contribution is 2.28. The predicted molar refractivity (Wildman–Crippen MR) is 133 cm³/mol. The van der Waals surface area contributed by atoms with Crippen LogP contribution in [0.1, 0.15) is 23.8 Å². The van der Waals surface area contributed by atoms with Gasteiger partial charge in [-0.25, -0.2) is 14.1 Å². The second kappa shape index (κ2) is 10.7. The molecular weight excluding hydrogens is 469 g/mol. The molecule has 0 unspecified atom stereocenters. The Balaban J connectivity index is 1.52. The summed E-state index contributed by atoms with van der Waals surface area (Å²) in [6.45, 7) is 4.70. The first-order chi connectivity index (χ1) is 16.9. The molecule has 3 aromatic rings. The van der Waals surface area contributed by atoms with Gasteiger partial charge in [-0.05, 0) is 85.8 Å². The first kappa shape index (κ1) is 24.4. The molecule has 4 rings (SSSR count). The maximum atomic E-state index is 13.4. The number of hydrogen-bond donors (Lipinski definition) is 1. The number of nitrogens with one attached hydrogen (secondary N) is 1. The number of aryl methyl sites for hydroxylation is 1. The molecule has 1 saturated heterocycles. The van der Waals surface area contributed by atoms with E-state index >= 15 is 0 Å². The van der Waals surface area contributed by atoms with E-state index in [1.165, 1.54) is 29.2 Å². The van der Waals surface area contributed by atoms with Gasteiger partial charge >= 0.3 is 6.03 Å². The summed E-state index contributed by atoms with van der Waals surface area (Å²) < 4.78 is 18.8. The lowest BCUT2D eigenvalue weighted by atomic mass is 10.1. The zero-order valence-electron chi connectivity index (χ0n) is 19.5.